The highest BCUT2D eigenvalue weighted by atomic mass is 33.1. The zero-order valence-electron chi connectivity index (χ0n) is 37.6. The Balaban J connectivity index is 0.956. The van der Waals surface area contributed by atoms with E-state index >= 15 is 0 Å². The number of nitrogens with two attached hydrogens (primary N) is 1. The number of ether oxygens (including phenoxy) is 2. The molecule has 11 nitrogen and oxygen atoms in total. The van der Waals surface area contributed by atoms with Gasteiger partial charge in [0.1, 0.15) is 23.7 Å². The van der Waals surface area contributed by atoms with Crippen LogP contribution >= 0.6 is 21.6 Å². The number of fused-ring (bicyclic) bond motifs is 1. The number of carbonyl (C=O) groups is 1. The van der Waals surface area contributed by atoms with Gasteiger partial charge in [-0.3, -0.25) is 15.1 Å². The lowest BCUT2D eigenvalue weighted by atomic mass is 9.64. The summed E-state index contributed by atoms with van der Waals surface area (Å²) in [5, 5.41) is 50.5. The first-order valence-electron chi connectivity index (χ1n) is 24.4. The van der Waals surface area contributed by atoms with E-state index in [1.54, 1.807) is 27.7 Å². The Morgan fingerprint density at radius 1 is 1.07 bits per heavy atom. The average molecular weight is 939 g/mol. The summed E-state index contributed by atoms with van der Waals surface area (Å²) in [4.78, 5) is 21.1. The minimum absolute atomic E-state index is 0.0188. The number of hydrogen-bond donors (Lipinski definition) is 6. The second-order valence-corrected chi connectivity index (χ2v) is 23.1. The molecule has 4 aliphatic carbocycles. The van der Waals surface area contributed by atoms with Crippen molar-refractivity contribution in [1.82, 2.24) is 10.2 Å². The van der Waals surface area contributed by atoms with E-state index in [4.69, 9.17) is 20.2 Å². The highest BCUT2D eigenvalue weighted by Gasteiger charge is 2.51. The maximum absolute atomic E-state index is 13.9. The normalized spacial score (nSPS) is 33.1. The van der Waals surface area contributed by atoms with E-state index in [2.05, 4.69) is 64.6 Å². The van der Waals surface area contributed by atoms with Crippen molar-refractivity contribution in [3.05, 3.63) is 99.4 Å². The van der Waals surface area contributed by atoms with Crippen LogP contribution in [0.1, 0.15) is 122 Å². The summed E-state index contributed by atoms with van der Waals surface area (Å²) in [6.07, 6.45) is 21.1. The average Bonchev–Trinajstić information content (AvgIpc) is 4.16. The Hall–Kier alpha value is -4.44. The molecule has 348 valence electrons. The number of hydrogen-bond acceptors (Lipinski definition) is 13. The number of nitrogens with zero attached hydrogens (tertiary/aromatic N) is 2. The van der Waals surface area contributed by atoms with Gasteiger partial charge in [-0.2, -0.15) is 0 Å². The lowest BCUT2D eigenvalue weighted by Crippen LogP contribution is -2.50. The molecule has 2 saturated carbocycles. The molecule has 10 atom stereocenters. The smallest absolute Gasteiger partial charge is 0.187 e. The summed E-state index contributed by atoms with van der Waals surface area (Å²) in [5.41, 5.74) is 14.1. The molecule has 12 aliphatic rings. The van der Waals surface area contributed by atoms with Crippen LogP contribution in [0, 0.1) is 53.0 Å². The third kappa shape index (κ3) is 7.42. The number of aromatic hydroxyl groups is 1. The fourth-order valence-electron chi connectivity index (χ4n) is 13.3. The van der Waals surface area contributed by atoms with E-state index in [0.29, 0.717) is 65.5 Å². The quantitative estimate of drug-likeness (QED) is 0.0936. The molecule has 14 rings (SSSR count). The van der Waals surface area contributed by atoms with Crippen molar-refractivity contribution in [2.24, 2.45) is 39.8 Å². The predicted molar refractivity (Wildman–Crippen MR) is 260 cm³/mol. The minimum atomic E-state index is -1.11. The molecule has 67 heavy (non-hydrogen) atoms. The fraction of sp³-hybridized carbons (Fsp3) is 0.519. The Labute approximate surface area is 400 Å². The van der Waals surface area contributed by atoms with E-state index in [9.17, 15) is 25.2 Å². The molecule has 0 unspecified atom stereocenters. The van der Waals surface area contributed by atoms with E-state index in [1.807, 2.05) is 18.3 Å². The lowest BCUT2D eigenvalue weighted by Gasteiger charge is -2.46. The van der Waals surface area contributed by atoms with Gasteiger partial charge < -0.3 is 40.5 Å². The minimum Gasteiger partial charge on any atom is -0.508 e. The second kappa shape index (κ2) is 17.2. The van der Waals surface area contributed by atoms with Crippen molar-refractivity contribution < 1.29 is 34.7 Å². The van der Waals surface area contributed by atoms with Crippen LogP contribution in [0.25, 0.3) is 0 Å². The van der Waals surface area contributed by atoms with E-state index < -0.39 is 47.2 Å². The first-order chi connectivity index (χ1) is 32.6. The van der Waals surface area contributed by atoms with Crippen molar-refractivity contribution >= 4 is 33.1 Å². The highest BCUT2D eigenvalue weighted by Crippen LogP contribution is 2.55. The number of phenols is 1. The summed E-state index contributed by atoms with van der Waals surface area (Å²) in [5.74, 6) is 11.9. The van der Waals surface area contributed by atoms with Gasteiger partial charge in [-0.05, 0) is 78.2 Å². The monoisotopic (exact) mass is 938 g/mol. The zero-order chi connectivity index (χ0) is 45.6. The number of nitrogens with one attached hydrogen (secondary N) is 1. The molecular weight excluding hydrogens is 881 g/mol. The lowest BCUT2D eigenvalue weighted by molar-refractivity contribution is -0.122. The predicted octanol–water partition coefficient (Wildman–Crippen LogP) is 7.26. The summed E-state index contributed by atoms with van der Waals surface area (Å²) >= 11 is 0. The van der Waals surface area contributed by atoms with E-state index in [0.717, 1.165) is 64.8 Å². The van der Waals surface area contributed by atoms with E-state index in [1.165, 1.54) is 25.7 Å². The van der Waals surface area contributed by atoms with Gasteiger partial charge in [0, 0.05) is 83.3 Å². The SMILES string of the molecule is N[C@H]1NC[C@@]23C=C[C@@H]4C5=CN=C6CN(C=C56)[C@H]5Oc6c(cc(O)c(CCC(=O)C[C@H](O)[C@@H]7C=C[C@@H](C8CCCC8)C[C@H]7O)c6CSSC2)OC#CC2(CCCC2)[C@@H]5C#C[C@H](O)c2ccc1c3c24. The van der Waals surface area contributed by atoms with Crippen LogP contribution in [0.2, 0.25) is 0 Å². The van der Waals surface area contributed by atoms with Gasteiger partial charge in [-0.1, -0.05) is 101 Å². The van der Waals surface area contributed by atoms with Crippen LogP contribution in [0.5, 0.6) is 17.2 Å². The molecule has 2 aromatic rings. The number of ketones is 1. The topological polar surface area (TPSA) is 170 Å². The molecule has 13 heteroatoms. The maximum atomic E-state index is 13.9. The van der Waals surface area contributed by atoms with Crippen LogP contribution in [0.15, 0.2) is 71.0 Å². The summed E-state index contributed by atoms with van der Waals surface area (Å²) in [7, 11) is 3.37. The maximum Gasteiger partial charge on any atom is 0.187 e. The Kier molecular flexibility index (Phi) is 11.2. The molecule has 7 N–H and O–H groups in total. The molecule has 0 radical (unpaired) electrons. The van der Waals surface area contributed by atoms with Crippen LogP contribution in [0.4, 0.5) is 0 Å². The number of benzene rings is 2. The van der Waals surface area contributed by atoms with Crippen LogP contribution < -0.4 is 20.5 Å². The third-order valence-electron chi connectivity index (χ3n) is 16.8. The number of rotatable bonds is 7. The van der Waals surface area contributed by atoms with Crippen LogP contribution in [-0.2, 0) is 22.4 Å². The van der Waals surface area contributed by atoms with Gasteiger partial charge in [-0.25, -0.2) is 0 Å². The molecule has 2 aromatic carbocycles. The number of carbonyl (C=O) groups excluding carboxylic acids is 1. The van der Waals surface area contributed by atoms with Crippen LogP contribution in [0.3, 0.4) is 0 Å². The van der Waals surface area contributed by atoms with Crippen molar-refractivity contribution in [2.75, 3.05) is 18.8 Å². The summed E-state index contributed by atoms with van der Waals surface area (Å²) in [6.45, 7) is 1.08. The highest BCUT2D eigenvalue weighted by molar-refractivity contribution is 8.76. The van der Waals surface area contributed by atoms with Crippen molar-refractivity contribution in [3.8, 4) is 41.1 Å². The van der Waals surface area contributed by atoms with Gasteiger partial charge in [0.15, 0.2) is 17.7 Å². The Bertz CT molecular complexity index is 2690. The summed E-state index contributed by atoms with van der Waals surface area (Å²) < 4.78 is 13.8. The first-order valence-corrected chi connectivity index (χ1v) is 26.9. The number of aliphatic hydroxyl groups is 3. The molecule has 0 amide bonds. The van der Waals surface area contributed by atoms with Crippen molar-refractivity contribution in [1.29, 1.82) is 0 Å². The van der Waals surface area contributed by atoms with Crippen molar-refractivity contribution in [2.45, 2.75) is 125 Å². The molecule has 2 fully saturated rings. The van der Waals surface area contributed by atoms with Crippen molar-refractivity contribution in [3.63, 3.8) is 0 Å². The summed E-state index contributed by atoms with van der Waals surface area (Å²) in [6, 6.07) is 5.64. The van der Waals surface area contributed by atoms with Gasteiger partial charge in [0.25, 0.3) is 0 Å². The van der Waals surface area contributed by atoms with Crippen LogP contribution in [-0.4, -0.2) is 74.1 Å². The zero-order valence-corrected chi connectivity index (χ0v) is 39.2. The first kappa shape index (κ1) is 43.8. The number of Topliss-reactive ketones (excluding diaryl/α,β-unsaturated/α-hetero) is 1. The van der Waals surface area contributed by atoms with Gasteiger partial charge >= 0.3 is 0 Å². The third-order valence-corrected chi connectivity index (χ3v) is 19.3. The Morgan fingerprint density at radius 2 is 1.91 bits per heavy atom. The number of phenolic OH excluding ortho intramolecular Hbond substituents is 1. The standard InChI is InChI=1S/C54H58N4O7S2/c55-51-37-12-11-36-43(60)14-13-41-52-58-25-39-38(24-56-42(39)26-58)34-15-18-54(28-57-51,49(37)48(34)36)29-67-66-27-40-33(46(63)23-47(50(40)65-52)64-20-19-53(41)16-3-4-17-53)10-8-32(59)22-45(62)35-9-7-31(21-44(35)61)30-5-1-2-6-30/h7,9,11-12,15,18,23-25,30-31,34-35,41,43-45,51-52,57,60-63H,1-6,8,10,16-17,21-22,26-29,55H2/t31-,34-,35-,41-,43+,44-,45+,51+,52+,54+/m1/s1. The molecule has 8 heterocycles. The second-order valence-electron chi connectivity index (χ2n) is 20.6. The van der Waals surface area contributed by atoms with Gasteiger partial charge in [-0.15, -0.1) is 0 Å². The molecule has 2 spiro atoms. The largest absolute Gasteiger partial charge is 0.508 e. The molecule has 0 saturated heterocycles. The number of aliphatic imine (C=N–C) groups is 1. The molecule has 8 aliphatic heterocycles. The van der Waals surface area contributed by atoms with E-state index in [-0.39, 0.29) is 42.9 Å². The number of aliphatic hydroxyl groups excluding tert-OH is 3. The molecule has 0 aromatic heterocycles. The van der Waals surface area contributed by atoms with Gasteiger partial charge in [0.2, 0.25) is 0 Å². The van der Waals surface area contributed by atoms with Gasteiger partial charge in [0.05, 0.1) is 42.0 Å². The number of allylic oxidation sites excluding steroid dienone is 3. The Morgan fingerprint density at radius 3 is 2.75 bits per heavy atom. The molecular formula is C54H58N4O7S2. The fourth-order valence-corrected chi connectivity index (χ4v) is 15.9. The molecule has 10 bridgehead atoms.